The average Bonchev–Trinajstić information content (AvgIpc) is 2.70. The molecule has 3 atom stereocenters. The molecule has 102 valence electrons. The fraction of sp³-hybridized carbons (Fsp3) is 0.600. The molecule has 1 heterocycles. The van der Waals surface area contributed by atoms with Crippen molar-refractivity contribution in [2.75, 3.05) is 13.7 Å². The van der Waals surface area contributed by atoms with Crippen molar-refractivity contribution in [1.82, 2.24) is 10.2 Å². The van der Waals surface area contributed by atoms with Crippen LogP contribution >= 0.6 is 11.6 Å². The van der Waals surface area contributed by atoms with Crippen molar-refractivity contribution in [2.24, 2.45) is 0 Å². The predicted octanol–water partition coefficient (Wildman–Crippen LogP) is -0.284. The van der Waals surface area contributed by atoms with Crippen LogP contribution in [0.25, 0.3) is 0 Å². The van der Waals surface area contributed by atoms with E-state index in [9.17, 15) is 14.0 Å². The van der Waals surface area contributed by atoms with Gasteiger partial charge in [-0.3, -0.25) is 14.9 Å². The van der Waals surface area contributed by atoms with E-state index in [1.165, 1.54) is 11.9 Å². The van der Waals surface area contributed by atoms with Gasteiger partial charge in [0.1, 0.15) is 6.23 Å². The van der Waals surface area contributed by atoms with Crippen LogP contribution in [0.1, 0.15) is 6.42 Å². The fourth-order valence-corrected chi connectivity index (χ4v) is 2.04. The van der Waals surface area contributed by atoms with Gasteiger partial charge in [-0.15, -0.1) is 11.6 Å². The summed E-state index contributed by atoms with van der Waals surface area (Å²) < 4.78 is 18.7. The molecule has 0 bridgehead atoms. The Balaban J connectivity index is 2.64. The van der Waals surface area contributed by atoms with E-state index >= 15 is 0 Å². The lowest BCUT2D eigenvalue weighted by Gasteiger charge is -2.24. The first-order valence-electron chi connectivity index (χ1n) is 5.23. The van der Waals surface area contributed by atoms with Crippen LogP contribution in [-0.4, -0.2) is 53.7 Å². The number of carbonyl (C=O) groups is 2. The molecule has 18 heavy (non-hydrogen) atoms. The maximum absolute atomic E-state index is 13.3. The van der Waals surface area contributed by atoms with Gasteiger partial charge in [-0.1, -0.05) is 0 Å². The van der Waals surface area contributed by atoms with E-state index in [0.717, 1.165) is 6.20 Å². The van der Waals surface area contributed by atoms with Gasteiger partial charge in [-0.25, -0.2) is 0 Å². The second-order valence-electron chi connectivity index (χ2n) is 3.82. The van der Waals surface area contributed by atoms with Crippen LogP contribution in [0, 0.1) is 0 Å². The van der Waals surface area contributed by atoms with Gasteiger partial charge in [-0.05, 0) is 6.42 Å². The summed E-state index contributed by atoms with van der Waals surface area (Å²) in [6, 6.07) is 0. The first-order chi connectivity index (χ1) is 8.49. The lowest BCUT2D eigenvalue weighted by Crippen LogP contribution is -2.34. The van der Waals surface area contributed by atoms with Crippen molar-refractivity contribution >= 4 is 23.9 Å². The number of nitrogens with one attached hydrogen (secondary N) is 1. The summed E-state index contributed by atoms with van der Waals surface area (Å²) in [5.41, 5.74) is 0. The number of halogens is 2. The van der Waals surface area contributed by atoms with Gasteiger partial charge in [0.2, 0.25) is 12.2 Å². The lowest BCUT2D eigenvalue weighted by atomic mass is 10.2. The smallest absolute Gasteiger partial charge is 0.287 e. The third kappa shape index (κ3) is 3.66. The van der Waals surface area contributed by atoms with Crippen molar-refractivity contribution in [3.05, 3.63) is 12.0 Å². The Labute approximate surface area is 108 Å². The zero-order valence-corrected chi connectivity index (χ0v) is 10.4. The summed E-state index contributed by atoms with van der Waals surface area (Å²) in [5.74, 6) is -2.27. The number of nitrogens with zero attached hydrogens (tertiary/aromatic N) is 1. The molecule has 2 amide bonds. The molecule has 1 saturated heterocycles. The molecule has 0 aliphatic carbocycles. The van der Waals surface area contributed by atoms with Gasteiger partial charge >= 0.3 is 0 Å². The number of carbonyl (C=O) groups excluding carboxylic acids is 2. The van der Waals surface area contributed by atoms with E-state index in [1.54, 1.807) is 5.32 Å². The second-order valence-corrected chi connectivity index (χ2v) is 4.38. The van der Waals surface area contributed by atoms with Crippen molar-refractivity contribution in [3.63, 3.8) is 0 Å². The van der Waals surface area contributed by atoms with Crippen LogP contribution < -0.4 is 5.32 Å². The normalized spacial score (nSPS) is 28.0. The summed E-state index contributed by atoms with van der Waals surface area (Å²) in [6.07, 6.45) is 0.370. The molecule has 1 aliphatic rings. The van der Waals surface area contributed by atoms with Crippen molar-refractivity contribution in [3.8, 4) is 0 Å². The molecule has 0 aromatic heterocycles. The first kappa shape index (κ1) is 14.9. The zero-order valence-electron chi connectivity index (χ0n) is 9.68. The molecule has 1 rings (SSSR count). The van der Waals surface area contributed by atoms with Crippen LogP contribution in [0.3, 0.4) is 0 Å². The van der Waals surface area contributed by atoms with Crippen LogP contribution in [0.4, 0.5) is 4.39 Å². The minimum absolute atomic E-state index is 0.0912. The number of ether oxygens (including phenoxy) is 1. The highest BCUT2D eigenvalue weighted by Gasteiger charge is 2.35. The molecule has 0 aromatic rings. The van der Waals surface area contributed by atoms with E-state index in [1.807, 2.05) is 0 Å². The Kier molecular flexibility index (Phi) is 5.52. The van der Waals surface area contributed by atoms with Gasteiger partial charge in [0.15, 0.2) is 0 Å². The first-order valence-corrected chi connectivity index (χ1v) is 5.67. The van der Waals surface area contributed by atoms with Crippen molar-refractivity contribution < 1.29 is 23.8 Å². The molecule has 6 nitrogen and oxygen atoms in total. The molecule has 0 spiro atoms. The SMILES string of the molecule is CN(/C=C(/F)C(=O)NC=O)C1OC(CO)CC1Cl. The number of hydrogen-bond acceptors (Lipinski definition) is 5. The van der Waals surface area contributed by atoms with E-state index in [-0.39, 0.29) is 13.0 Å². The molecule has 1 fully saturated rings. The van der Waals surface area contributed by atoms with Crippen molar-refractivity contribution in [1.29, 1.82) is 0 Å². The average molecular weight is 281 g/mol. The quantitative estimate of drug-likeness (QED) is 0.411. The van der Waals surface area contributed by atoms with E-state index in [4.69, 9.17) is 21.4 Å². The standard InChI is InChI=1S/C10H14ClFN2O4/c1-14(3-8(12)9(17)13-5-16)10-7(11)2-6(4-15)18-10/h3,5-7,10,15H,2,4H2,1H3,(H,13,16,17)/b8-3+. The fourth-order valence-electron chi connectivity index (χ4n) is 1.61. The molecule has 3 unspecified atom stereocenters. The molecule has 2 N–H and O–H groups in total. The second kappa shape index (κ2) is 6.67. The van der Waals surface area contributed by atoms with E-state index < -0.39 is 29.4 Å². The largest absolute Gasteiger partial charge is 0.394 e. The third-order valence-electron chi connectivity index (χ3n) is 2.46. The number of alkyl halides is 1. The highest BCUT2D eigenvalue weighted by atomic mass is 35.5. The molecule has 1 aliphatic heterocycles. The van der Waals surface area contributed by atoms with Gasteiger partial charge in [-0.2, -0.15) is 4.39 Å². The molecular weight excluding hydrogens is 267 g/mol. The van der Waals surface area contributed by atoms with Crippen LogP contribution in [0.5, 0.6) is 0 Å². The Bertz CT molecular complexity index is 353. The highest BCUT2D eigenvalue weighted by molar-refractivity contribution is 6.21. The molecule has 8 heteroatoms. The molecule has 0 radical (unpaired) electrons. The van der Waals surface area contributed by atoms with Crippen molar-refractivity contribution in [2.45, 2.75) is 24.1 Å². The zero-order chi connectivity index (χ0) is 13.7. The summed E-state index contributed by atoms with van der Waals surface area (Å²) >= 11 is 5.98. The number of amides is 2. The molecule has 0 saturated carbocycles. The summed E-state index contributed by atoms with van der Waals surface area (Å²) in [7, 11) is 1.48. The maximum atomic E-state index is 13.3. The minimum atomic E-state index is -1.14. The summed E-state index contributed by atoms with van der Waals surface area (Å²) in [5, 5.41) is 10.2. The van der Waals surface area contributed by atoms with Crippen LogP contribution in [0.15, 0.2) is 12.0 Å². The Hall–Kier alpha value is -1.18. The Morgan fingerprint density at radius 2 is 2.39 bits per heavy atom. The topological polar surface area (TPSA) is 78.9 Å². The molecular formula is C10H14ClFN2O4. The summed E-state index contributed by atoms with van der Waals surface area (Å²) in [4.78, 5) is 22.2. The number of aliphatic hydroxyl groups excluding tert-OH is 1. The van der Waals surface area contributed by atoms with E-state index in [2.05, 4.69) is 0 Å². The monoisotopic (exact) mass is 280 g/mol. The number of rotatable bonds is 5. The Morgan fingerprint density at radius 1 is 1.72 bits per heavy atom. The number of imide groups is 1. The third-order valence-corrected chi connectivity index (χ3v) is 2.85. The minimum Gasteiger partial charge on any atom is -0.394 e. The Morgan fingerprint density at radius 3 is 2.89 bits per heavy atom. The highest BCUT2D eigenvalue weighted by Crippen LogP contribution is 2.27. The summed E-state index contributed by atoms with van der Waals surface area (Å²) in [6.45, 7) is -0.175. The van der Waals surface area contributed by atoms with Crippen LogP contribution in [-0.2, 0) is 14.3 Å². The van der Waals surface area contributed by atoms with Gasteiger partial charge in [0.05, 0.1) is 18.1 Å². The van der Waals surface area contributed by atoms with Crippen LogP contribution in [0.2, 0.25) is 0 Å². The van der Waals surface area contributed by atoms with Gasteiger partial charge in [0.25, 0.3) is 5.91 Å². The van der Waals surface area contributed by atoms with Gasteiger partial charge in [0, 0.05) is 13.2 Å². The lowest BCUT2D eigenvalue weighted by molar-refractivity contribution is -0.123. The van der Waals surface area contributed by atoms with E-state index in [0.29, 0.717) is 6.42 Å². The number of aliphatic hydroxyl groups is 1. The number of hydrogen-bond donors (Lipinski definition) is 2. The maximum Gasteiger partial charge on any atom is 0.287 e. The van der Waals surface area contributed by atoms with Gasteiger partial charge < -0.3 is 14.7 Å². The molecule has 0 aromatic carbocycles. The predicted molar refractivity (Wildman–Crippen MR) is 61.2 cm³/mol.